The summed E-state index contributed by atoms with van der Waals surface area (Å²) < 4.78 is 5.49. The molecular formula is C15H15NO3. The van der Waals surface area contributed by atoms with Crippen molar-refractivity contribution in [1.82, 2.24) is 5.32 Å². The van der Waals surface area contributed by atoms with E-state index in [-0.39, 0.29) is 23.1 Å². The molecule has 0 bridgehead atoms. The predicted molar refractivity (Wildman–Crippen MR) is 72.1 cm³/mol. The fourth-order valence-electron chi connectivity index (χ4n) is 2.21. The highest BCUT2D eigenvalue weighted by atomic mass is 16.3. The first-order chi connectivity index (χ1) is 9.15. The van der Waals surface area contributed by atoms with Crippen LogP contribution in [0.25, 0.3) is 11.0 Å². The van der Waals surface area contributed by atoms with Crippen LogP contribution in [0.4, 0.5) is 0 Å². The van der Waals surface area contributed by atoms with Gasteiger partial charge in [0.1, 0.15) is 5.58 Å². The van der Waals surface area contributed by atoms with E-state index in [0.29, 0.717) is 16.9 Å². The topological polar surface area (TPSA) is 59.3 Å². The average Bonchev–Trinajstić information content (AvgIpc) is 3.23. The summed E-state index contributed by atoms with van der Waals surface area (Å²) in [7, 11) is 0. The first-order valence-corrected chi connectivity index (χ1v) is 6.49. The van der Waals surface area contributed by atoms with E-state index in [1.165, 1.54) is 6.07 Å². The summed E-state index contributed by atoms with van der Waals surface area (Å²) in [5.74, 6) is 0.328. The lowest BCUT2D eigenvalue weighted by atomic mass is 10.2. The molecule has 4 heteroatoms. The summed E-state index contributed by atoms with van der Waals surface area (Å²) in [6.07, 6.45) is 2.31. The van der Waals surface area contributed by atoms with Crippen molar-refractivity contribution in [2.75, 3.05) is 0 Å². The fourth-order valence-corrected chi connectivity index (χ4v) is 2.21. The van der Waals surface area contributed by atoms with Crippen molar-refractivity contribution >= 4 is 16.9 Å². The van der Waals surface area contributed by atoms with Gasteiger partial charge in [0.2, 0.25) is 0 Å². The number of carbonyl (C=O) groups is 1. The Kier molecular flexibility index (Phi) is 2.85. The van der Waals surface area contributed by atoms with Crippen LogP contribution in [0, 0.1) is 5.92 Å². The molecule has 0 radical (unpaired) electrons. The average molecular weight is 257 g/mol. The Hall–Kier alpha value is -2.10. The van der Waals surface area contributed by atoms with Gasteiger partial charge in [-0.25, -0.2) is 0 Å². The monoisotopic (exact) mass is 257 g/mol. The van der Waals surface area contributed by atoms with Crippen LogP contribution in [0.2, 0.25) is 0 Å². The van der Waals surface area contributed by atoms with E-state index in [1.54, 1.807) is 24.3 Å². The molecule has 1 heterocycles. The molecule has 0 spiro atoms. The van der Waals surface area contributed by atoms with Gasteiger partial charge in [-0.15, -0.1) is 0 Å². The minimum Gasteiger partial charge on any atom is -0.451 e. The van der Waals surface area contributed by atoms with Crippen LogP contribution >= 0.6 is 0 Å². The molecule has 19 heavy (non-hydrogen) atoms. The molecule has 1 saturated carbocycles. The summed E-state index contributed by atoms with van der Waals surface area (Å²) in [6.45, 7) is 1.98. The van der Waals surface area contributed by atoms with Crippen molar-refractivity contribution in [3.63, 3.8) is 0 Å². The third-order valence-electron chi connectivity index (χ3n) is 3.55. The smallest absolute Gasteiger partial charge is 0.287 e. The van der Waals surface area contributed by atoms with E-state index < -0.39 is 0 Å². The lowest BCUT2D eigenvalue weighted by molar-refractivity contribution is 0.0908. The summed E-state index contributed by atoms with van der Waals surface area (Å²) >= 11 is 0. The SMILES string of the molecule is CC(NC(=O)c1cc(=O)c2ccccc2o1)C1CC1. The van der Waals surface area contributed by atoms with Crippen molar-refractivity contribution in [3.8, 4) is 0 Å². The summed E-state index contributed by atoms with van der Waals surface area (Å²) in [4.78, 5) is 23.9. The number of hydrogen-bond acceptors (Lipinski definition) is 3. The molecule has 2 aromatic rings. The highest BCUT2D eigenvalue weighted by Gasteiger charge is 2.29. The van der Waals surface area contributed by atoms with Gasteiger partial charge in [0, 0.05) is 12.1 Å². The number of para-hydroxylation sites is 1. The molecule has 1 aromatic carbocycles. The van der Waals surface area contributed by atoms with Gasteiger partial charge in [-0.05, 0) is 37.8 Å². The highest BCUT2D eigenvalue weighted by Crippen LogP contribution is 2.32. The van der Waals surface area contributed by atoms with Crippen LogP contribution < -0.4 is 10.7 Å². The van der Waals surface area contributed by atoms with Gasteiger partial charge >= 0.3 is 0 Å². The lowest BCUT2D eigenvalue weighted by Gasteiger charge is -2.12. The van der Waals surface area contributed by atoms with Crippen LogP contribution in [-0.4, -0.2) is 11.9 Å². The molecule has 1 aliphatic rings. The minimum atomic E-state index is -0.317. The number of nitrogens with one attached hydrogen (secondary N) is 1. The second kappa shape index (κ2) is 4.53. The lowest BCUT2D eigenvalue weighted by Crippen LogP contribution is -2.34. The summed E-state index contributed by atoms with van der Waals surface area (Å²) in [6, 6.07) is 8.32. The van der Waals surface area contributed by atoms with Crippen molar-refractivity contribution < 1.29 is 9.21 Å². The Morgan fingerprint density at radius 1 is 1.37 bits per heavy atom. The Balaban J connectivity index is 1.91. The first kappa shape index (κ1) is 12.0. The molecule has 1 unspecified atom stereocenters. The third-order valence-corrected chi connectivity index (χ3v) is 3.55. The second-order valence-corrected chi connectivity index (χ2v) is 5.07. The minimum absolute atomic E-state index is 0.0798. The van der Waals surface area contributed by atoms with E-state index in [0.717, 1.165) is 12.8 Å². The maximum absolute atomic E-state index is 12.0. The molecule has 1 aromatic heterocycles. The first-order valence-electron chi connectivity index (χ1n) is 6.49. The largest absolute Gasteiger partial charge is 0.451 e. The number of fused-ring (bicyclic) bond motifs is 1. The van der Waals surface area contributed by atoms with Gasteiger partial charge < -0.3 is 9.73 Å². The van der Waals surface area contributed by atoms with E-state index in [2.05, 4.69) is 5.32 Å². The van der Waals surface area contributed by atoms with Gasteiger partial charge in [-0.1, -0.05) is 12.1 Å². The maximum atomic E-state index is 12.0. The quantitative estimate of drug-likeness (QED) is 0.918. The van der Waals surface area contributed by atoms with Crippen molar-refractivity contribution in [3.05, 3.63) is 46.3 Å². The van der Waals surface area contributed by atoms with Crippen LogP contribution in [-0.2, 0) is 0 Å². The molecule has 1 fully saturated rings. The number of benzene rings is 1. The molecule has 3 rings (SSSR count). The van der Waals surface area contributed by atoms with Crippen LogP contribution in [0.5, 0.6) is 0 Å². The molecule has 1 amide bonds. The van der Waals surface area contributed by atoms with Crippen LogP contribution in [0.15, 0.2) is 39.5 Å². The number of amides is 1. The van der Waals surface area contributed by atoms with Crippen molar-refractivity contribution in [2.24, 2.45) is 5.92 Å². The van der Waals surface area contributed by atoms with Crippen molar-refractivity contribution in [2.45, 2.75) is 25.8 Å². The molecular weight excluding hydrogens is 242 g/mol. The Morgan fingerprint density at radius 3 is 2.84 bits per heavy atom. The molecule has 4 nitrogen and oxygen atoms in total. The second-order valence-electron chi connectivity index (χ2n) is 5.07. The zero-order valence-corrected chi connectivity index (χ0v) is 10.7. The number of rotatable bonds is 3. The highest BCUT2D eigenvalue weighted by molar-refractivity contribution is 5.93. The normalized spacial score (nSPS) is 16.3. The number of carbonyl (C=O) groups excluding carboxylic acids is 1. The Morgan fingerprint density at radius 2 is 2.11 bits per heavy atom. The summed E-state index contributed by atoms with van der Waals surface area (Å²) in [5, 5.41) is 3.37. The fraction of sp³-hybridized carbons (Fsp3) is 0.333. The number of hydrogen-bond donors (Lipinski definition) is 1. The van der Waals surface area contributed by atoms with Gasteiger partial charge in [0.15, 0.2) is 11.2 Å². The molecule has 98 valence electrons. The van der Waals surface area contributed by atoms with E-state index >= 15 is 0 Å². The molecule has 0 aliphatic heterocycles. The maximum Gasteiger partial charge on any atom is 0.287 e. The van der Waals surface area contributed by atoms with Crippen LogP contribution in [0.3, 0.4) is 0 Å². The molecule has 1 aliphatic carbocycles. The zero-order valence-electron chi connectivity index (χ0n) is 10.7. The summed E-state index contributed by atoms with van der Waals surface area (Å²) in [5.41, 5.74) is 0.255. The van der Waals surface area contributed by atoms with Gasteiger partial charge in [0.05, 0.1) is 5.39 Å². The Labute approximate surface area is 110 Å². The third kappa shape index (κ3) is 2.38. The van der Waals surface area contributed by atoms with E-state index in [9.17, 15) is 9.59 Å². The molecule has 1 N–H and O–H groups in total. The van der Waals surface area contributed by atoms with Crippen LogP contribution in [0.1, 0.15) is 30.3 Å². The zero-order chi connectivity index (χ0) is 13.4. The van der Waals surface area contributed by atoms with Gasteiger partial charge in [0.25, 0.3) is 5.91 Å². The van der Waals surface area contributed by atoms with Gasteiger partial charge in [-0.2, -0.15) is 0 Å². The Bertz CT molecular complexity index is 685. The standard InChI is InChI=1S/C15H15NO3/c1-9(10-6-7-10)16-15(18)14-8-12(17)11-4-2-3-5-13(11)19-14/h2-5,8-10H,6-7H2,1H3,(H,16,18). The predicted octanol–water partition coefficient (Wildman–Crippen LogP) is 2.32. The molecule has 1 atom stereocenters. The van der Waals surface area contributed by atoms with Gasteiger partial charge in [-0.3, -0.25) is 9.59 Å². The van der Waals surface area contributed by atoms with E-state index in [4.69, 9.17) is 4.42 Å². The van der Waals surface area contributed by atoms with E-state index in [1.807, 2.05) is 6.92 Å². The van der Waals surface area contributed by atoms with Crippen molar-refractivity contribution in [1.29, 1.82) is 0 Å². The molecule has 0 saturated heterocycles.